The third-order valence-corrected chi connectivity index (χ3v) is 6.31. The van der Waals surface area contributed by atoms with E-state index in [1.54, 1.807) is 0 Å². The van der Waals surface area contributed by atoms with Gasteiger partial charge in [-0.3, -0.25) is 9.59 Å². The number of carbonyl (C=O) groups excluding carboxylic acids is 1. The molecule has 0 heterocycles. The molecule has 1 unspecified atom stereocenters. The molecule has 0 aliphatic heterocycles. The minimum absolute atomic E-state index is 0.104. The maximum atomic E-state index is 12.3. The first-order valence-corrected chi connectivity index (χ1v) is 10.1. The molecule has 2 aliphatic carbocycles. The Labute approximate surface area is 155 Å². The molecule has 2 saturated carbocycles. The van der Waals surface area contributed by atoms with Gasteiger partial charge in [-0.05, 0) is 55.6 Å². The number of unbranched alkanes of at least 4 members (excludes halogenated alkanes) is 3. The third kappa shape index (κ3) is 4.35. The zero-order chi connectivity index (χ0) is 18.6. The molecule has 0 amide bonds. The molecule has 0 aromatic heterocycles. The first kappa shape index (κ1) is 19.1. The van der Waals surface area contributed by atoms with Gasteiger partial charge in [-0.1, -0.05) is 43.5 Å². The SMILES string of the molecule is O=C(O)CCCCCC[C@H]1C(=O)CCC1c1ccc(C2(O)CCC2)cc1. The summed E-state index contributed by atoms with van der Waals surface area (Å²) in [5, 5.41) is 19.1. The Bertz CT molecular complexity index is 630. The maximum absolute atomic E-state index is 12.3. The lowest BCUT2D eigenvalue weighted by atomic mass is 9.74. The molecule has 4 nitrogen and oxygen atoms in total. The van der Waals surface area contributed by atoms with Gasteiger partial charge in [0.2, 0.25) is 0 Å². The van der Waals surface area contributed by atoms with Crippen molar-refractivity contribution >= 4 is 11.8 Å². The van der Waals surface area contributed by atoms with Crippen molar-refractivity contribution in [2.45, 2.75) is 82.1 Å². The van der Waals surface area contributed by atoms with Gasteiger partial charge in [0.15, 0.2) is 0 Å². The van der Waals surface area contributed by atoms with Crippen LogP contribution in [-0.2, 0) is 15.2 Å². The van der Waals surface area contributed by atoms with Crippen LogP contribution in [0.3, 0.4) is 0 Å². The van der Waals surface area contributed by atoms with E-state index in [0.717, 1.165) is 63.4 Å². The van der Waals surface area contributed by atoms with E-state index in [0.29, 0.717) is 18.1 Å². The minimum atomic E-state index is -0.731. The second-order valence-corrected chi connectivity index (χ2v) is 8.07. The smallest absolute Gasteiger partial charge is 0.303 e. The number of Topliss-reactive ketones (excluding diaryl/α,β-unsaturated/α-hetero) is 1. The quantitative estimate of drug-likeness (QED) is 0.635. The van der Waals surface area contributed by atoms with Crippen molar-refractivity contribution in [3.05, 3.63) is 35.4 Å². The summed E-state index contributed by atoms with van der Waals surface area (Å²) in [4.78, 5) is 22.9. The normalized spacial score (nSPS) is 24.4. The Morgan fingerprint density at radius 2 is 1.77 bits per heavy atom. The van der Waals surface area contributed by atoms with Gasteiger partial charge in [0.1, 0.15) is 5.78 Å². The Kier molecular flexibility index (Phi) is 6.13. The van der Waals surface area contributed by atoms with Gasteiger partial charge in [-0.25, -0.2) is 0 Å². The summed E-state index contributed by atoms with van der Waals surface area (Å²) in [7, 11) is 0. The van der Waals surface area contributed by atoms with Gasteiger partial charge in [-0.2, -0.15) is 0 Å². The highest BCUT2D eigenvalue weighted by molar-refractivity contribution is 5.84. The molecule has 3 rings (SSSR count). The molecule has 2 aliphatic rings. The molecular formula is C22H30O4. The average molecular weight is 358 g/mol. The lowest BCUT2D eigenvalue weighted by Crippen LogP contribution is -2.33. The van der Waals surface area contributed by atoms with Gasteiger partial charge < -0.3 is 10.2 Å². The number of aliphatic carboxylic acids is 1. The second kappa shape index (κ2) is 8.34. The van der Waals surface area contributed by atoms with Crippen molar-refractivity contribution in [1.29, 1.82) is 0 Å². The molecule has 2 fully saturated rings. The van der Waals surface area contributed by atoms with Crippen molar-refractivity contribution in [3.8, 4) is 0 Å². The molecular weight excluding hydrogens is 328 g/mol. The number of carbonyl (C=O) groups is 2. The fourth-order valence-electron chi connectivity index (χ4n) is 4.50. The van der Waals surface area contributed by atoms with E-state index in [1.807, 2.05) is 12.1 Å². The number of ketones is 1. The summed E-state index contributed by atoms with van der Waals surface area (Å²) >= 11 is 0. The maximum Gasteiger partial charge on any atom is 0.303 e. The standard InChI is InChI=1S/C22H30O4/c23-20-13-12-18(19(20)6-3-1-2-4-7-21(24)25)16-8-10-17(11-9-16)22(26)14-5-15-22/h8-11,18-19,26H,1-7,12-15H2,(H,24,25)/t18?,19-/m1/s1. The third-order valence-electron chi connectivity index (χ3n) is 6.31. The van der Waals surface area contributed by atoms with Crippen molar-refractivity contribution in [2.75, 3.05) is 0 Å². The summed E-state index contributed by atoms with van der Waals surface area (Å²) in [6, 6.07) is 8.30. The van der Waals surface area contributed by atoms with Gasteiger partial charge in [0, 0.05) is 18.8 Å². The molecule has 26 heavy (non-hydrogen) atoms. The Morgan fingerprint density at radius 3 is 2.38 bits per heavy atom. The number of aliphatic hydroxyl groups is 1. The van der Waals surface area contributed by atoms with E-state index in [-0.39, 0.29) is 12.3 Å². The Hall–Kier alpha value is -1.68. The predicted octanol–water partition coefficient (Wildman–Crippen LogP) is 4.55. The highest BCUT2D eigenvalue weighted by Gasteiger charge is 2.37. The fourth-order valence-corrected chi connectivity index (χ4v) is 4.50. The van der Waals surface area contributed by atoms with Crippen molar-refractivity contribution in [2.24, 2.45) is 5.92 Å². The van der Waals surface area contributed by atoms with E-state index in [9.17, 15) is 14.7 Å². The summed E-state index contributed by atoms with van der Waals surface area (Å²) in [5.41, 5.74) is 1.60. The fraction of sp³-hybridized carbons (Fsp3) is 0.636. The van der Waals surface area contributed by atoms with Gasteiger partial charge >= 0.3 is 5.97 Å². The van der Waals surface area contributed by atoms with Crippen LogP contribution in [0.1, 0.15) is 87.7 Å². The van der Waals surface area contributed by atoms with E-state index in [2.05, 4.69) is 12.1 Å². The topological polar surface area (TPSA) is 74.6 Å². The Morgan fingerprint density at radius 1 is 1.08 bits per heavy atom. The Balaban J connectivity index is 1.53. The van der Waals surface area contributed by atoms with Gasteiger partial charge in [-0.15, -0.1) is 0 Å². The van der Waals surface area contributed by atoms with E-state index < -0.39 is 11.6 Å². The van der Waals surface area contributed by atoms with Crippen LogP contribution in [0, 0.1) is 5.92 Å². The van der Waals surface area contributed by atoms with Crippen LogP contribution in [0.25, 0.3) is 0 Å². The zero-order valence-corrected chi connectivity index (χ0v) is 15.5. The molecule has 0 saturated heterocycles. The molecule has 1 aromatic carbocycles. The van der Waals surface area contributed by atoms with Crippen LogP contribution in [0.5, 0.6) is 0 Å². The highest BCUT2D eigenvalue weighted by atomic mass is 16.4. The van der Waals surface area contributed by atoms with Crippen molar-refractivity contribution in [3.63, 3.8) is 0 Å². The van der Waals surface area contributed by atoms with Crippen molar-refractivity contribution < 1.29 is 19.8 Å². The molecule has 0 radical (unpaired) electrons. The summed E-state index contributed by atoms with van der Waals surface area (Å²) < 4.78 is 0. The zero-order valence-electron chi connectivity index (χ0n) is 15.5. The van der Waals surface area contributed by atoms with Crippen LogP contribution < -0.4 is 0 Å². The van der Waals surface area contributed by atoms with Gasteiger partial charge in [0.25, 0.3) is 0 Å². The molecule has 1 aromatic rings. The van der Waals surface area contributed by atoms with E-state index >= 15 is 0 Å². The minimum Gasteiger partial charge on any atom is -0.481 e. The lowest BCUT2D eigenvalue weighted by Gasteiger charge is -2.37. The number of hydrogen-bond donors (Lipinski definition) is 2. The van der Waals surface area contributed by atoms with Gasteiger partial charge in [0.05, 0.1) is 5.60 Å². The number of hydrogen-bond acceptors (Lipinski definition) is 3. The van der Waals surface area contributed by atoms with Crippen LogP contribution in [0.2, 0.25) is 0 Å². The first-order chi connectivity index (χ1) is 12.5. The first-order valence-electron chi connectivity index (χ1n) is 10.1. The lowest BCUT2D eigenvalue weighted by molar-refractivity contribution is -0.137. The number of carboxylic acids is 1. The molecule has 0 spiro atoms. The van der Waals surface area contributed by atoms with Crippen LogP contribution in [0.15, 0.2) is 24.3 Å². The molecule has 142 valence electrons. The van der Waals surface area contributed by atoms with Crippen LogP contribution in [0.4, 0.5) is 0 Å². The molecule has 4 heteroatoms. The second-order valence-electron chi connectivity index (χ2n) is 8.07. The summed E-state index contributed by atoms with van der Waals surface area (Å²) in [6.45, 7) is 0. The highest BCUT2D eigenvalue weighted by Crippen LogP contribution is 2.43. The molecule has 0 bridgehead atoms. The predicted molar refractivity (Wildman–Crippen MR) is 100.0 cm³/mol. The largest absolute Gasteiger partial charge is 0.481 e. The van der Waals surface area contributed by atoms with Crippen molar-refractivity contribution in [1.82, 2.24) is 0 Å². The van der Waals surface area contributed by atoms with E-state index in [4.69, 9.17) is 5.11 Å². The summed E-state index contributed by atoms with van der Waals surface area (Å²) in [5.74, 6) is 0.0481. The number of benzene rings is 1. The van der Waals surface area contributed by atoms with E-state index in [1.165, 1.54) is 5.56 Å². The summed E-state index contributed by atoms with van der Waals surface area (Å²) in [6.07, 6.45) is 9.15. The van der Waals surface area contributed by atoms with Crippen LogP contribution >= 0.6 is 0 Å². The molecule has 2 N–H and O–H groups in total. The van der Waals surface area contributed by atoms with Crippen LogP contribution in [-0.4, -0.2) is 22.0 Å². The molecule has 2 atom stereocenters. The monoisotopic (exact) mass is 358 g/mol. The average Bonchev–Trinajstić information content (AvgIpc) is 2.96. The number of rotatable bonds is 9. The number of carboxylic acid groups (broad SMARTS) is 1.